The number of carbonyl (C=O) groups excluding carboxylic acids is 2. The average Bonchev–Trinajstić information content (AvgIpc) is 3.25. The molecule has 7 nitrogen and oxygen atoms in total. The molecule has 1 aromatic carbocycles. The number of nitrogens with zero attached hydrogens (tertiary/aromatic N) is 1. The van der Waals surface area contributed by atoms with Gasteiger partial charge in [-0.15, -0.1) is 0 Å². The maximum Gasteiger partial charge on any atom is 0.325 e. The van der Waals surface area contributed by atoms with Crippen LogP contribution in [0, 0.1) is 6.92 Å². The van der Waals surface area contributed by atoms with Gasteiger partial charge in [0, 0.05) is 28.7 Å². The predicted octanol–water partition coefficient (Wildman–Crippen LogP) is 2.79. The number of aromatic amines is 1. The minimum Gasteiger partial charge on any atom is -0.453 e. The molecule has 0 amide bonds. The number of H-pyrrole nitrogens is 1. The Balaban J connectivity index is 1.76. The zero-order valence-electron chi connectivity index (χ0n) is 16.4. The topological polar surface area (TPSA) is 96.5 Å². The molecule has 1 aliphatic rings. The molecular formula is C20H26N2O5S. The molecule has 0 spiro atoms. The fourth-order valence-electron chi connectivity index (χ4n) is 3.79. The third-order valence-corrected chi connectivity index (χ3v) is 7.17. The number of hydrogen-bond donors (Lipinski definition) is 1. The maximum atomic E-state index is 12.9. The van der Waals surface area contributed by atoms with E-state index in [4.69, 9.17) is 4.74 Å². The summed E-state index contributed by atoms with van der Waals surface area (Å²) in [7, 11) is -3.50. The van der Waals surface area contributed by atoms with Crippen molar-refractivity contribution in [3.05, 3.63) is 35.5 Å². The van der Waals surface area contributed by atoms with E-state index in [0.29, 0.717) is 37.1 Å². The Morgan fingerprint density at radius 2 is 2.04 bits per heavy atom. The summed E-state index contributed by atoms with van der Waals surface area (Å²) in [5.74, 6) is -0.959. The monoisotopic (exact) mass is 406 g/mol. The third kappa shape index (κ3) is 3.84. The van der Waals surface area contributed by atoms with E-state index in [1.54, 1.807) is 13.8 Å². The molecule has 1 fully saturated rings. The highest BCUT2D eigenvalue weighted by Crippen LogP contribution is 2.26. The van der Waals surface area contributed by atoms with Crippen molar-refractivity contribution >= 4 is 32.7 Å². The Bertz CT molecular complexity index is 995. The second kappa shape index (κ2) is 8.05. The van der Waals surface area contributed by atoms with Crippen molar-refractivity contribution in [1.82, 2.24) is 9.29 Å². The summed E-state index contributed by atoms with van der Waals surface area (Å²) in [6.45, 7) is 5.43. The van der Waals surface area contributed by atoms with Gasteiger partial charge in [0.1, 0.15) is 6.04 Å². The second-order valence-electron chi connectivity index (χ2n) is 7.20. The molecule has 0 radical (unpaired) electrons. The predicted molar refractivity (Wildman–Crippen MR) is 107 cm³/mol. The van der Waals surface area contributed by atoms with Gasteiger partial charge in [0.05, 0.1) is 5.75 Å². The van der Waals surface area contributed by atoms with Crippen molar-refractivity contribution in [3.8, 4) is 0 Å². The number of Topliss-reactive ketones (excluding diaryl/α,β-unsaturated/α-hetero) is 1. The molecular weight excluding hydrogens is 380 g/mol. The number of benzene rings is 1. The molecule has 3 rings (SSSR count). The highest BCUT2D eigenvalue weighted by molar-refractivity contribution is 7.89. The molecule has 1 N–H and O–H groups in total. The first-order valence-corrected chi connectivity index (χ1v) is 11.2. The van der Waals surface area contributed by atoms with Crippen molar-refractivity contribution in [1.29, 1.82) is 0 Å². The van der Waals surface area contributed by atoms with Gasteiger partial charge < -0.3 is 9.72 Å². The van der Waals surface area contributed by atoms with Gasteiger partial charge in [0.15, 0.2) is 6.10 Å². The van der Waals surface area contributed by atoms with E-state index in [1.165, 1.54) is 11.2 Å². The number of aromatic nitrogens is 1. The first kappa shape index (κ1) is 20.5. The lowest BCUT2D eigenvalue weighted by Gasteiger charge is -2.23. The smallest absolute Gasteiger partial charge is 0.325 e. The standard InChI is InChI=1S/C20H26N2O5S/c1-4-12-28(25,26)22-11-7-10-17(22)20(24)27-14(3)19(23)18-13(2)21-16-9-6-5-8-15(16)18/h5-6,8-9,14,17,21H,4,7,10-12H2,1-3H3. The Morgan fingerprint density at radius 3 is 2.75 bits per heavy atom. The van der Waals surface area contributed by atoms with Gasteiger partial charge in [-0.2, -0.15) is 4.31 Å². The molecule has 1 aromatic heterocycles. The van der Waals surface area contributed by atoms with Gasteiger partial charge in [0.2, 0.25) is 15.8 Å². The van der Waals surface area contributed by atoms with E-state index in [9.17, 15) is 18.0 Å². The first-order valence-electron chi connectivity index (χ1n) is 9.57. The summed E-state index contributed by atoms with van der Waals surface area (Å²) < 4.78 is 31.4. The SMILES string of the molecule is CCCS(=O)(=O)N1CCCC1C(=O)OC(C)C(=O)c1c(C)[nH]c2ccccc12. The number of para-hydroxylation sites is 1. The largest absolute Gasteiger partial charge is 0.453 e. The minimum absolute atomic E-state index is 0.000200. The number of ketones is 1. The summed E-state index contributed by atoms with van der Waals surface area (Å²) in [5.41, 5.74) is 2.05. The van der Waals surface area contributed by atoms with Crippen LogP contribution in [-0.4, -0.2) is 53.9 Å². The lowest BCUT2D eigenvalue weighted by Crippen LogP contribution is -2.43. The van der Waals surface area contributed by atoms with Crippen LogP contribution in [0.3, 0.4) is 0 Å². The van der Waals surface area contributed by atoms with E-state index < -0.39 is 28.1 Å². The fourth-order valence-corrected chi connectivity index (χ4v) is 5.52. The normalized spacial score (nSPS) is 19.0. The van der Waals surface area contributed by atoms with E-state index in [1.807, 2.05) is 24.3 Å². The number of hydrogen-bond acceptors (Lipinski definition) is 5. The number of aryl methyl sites for hydroxylation is 1. The van der Waals surface area contributed by atoms with Crippen molar-refractivity contribution < 1.29 is 22.7 Å². The molecule has 2 unspecified atom stereocenters. The zero-order chi connectivity index (χ0) is 20.5. The van der Waals surface area contributed by atoms with Crippen LogP contribution in [0.15, 0.2) is 24.3 Å². The van der Waals surface area contributed by atoms with E-state index >= 15 is 0 Å². The first-order chi connectivity index (χ1) is 13.3. The zero-order valence-corrected chi connectivity index (χ0v) is 17.2. The molecule has 1 aliphatic heterocycles. The maximum absolute atomic E-state index is 12.9. The molecule has 152 valence electrons. The minimum atomic E-state index is -3.50. The van der Waals surface area contributed by atoms with Gasteiger partial charge in [-0.3, -0.25) is 9.59 Å². The van der Waals surface area contributed by atoms with Crippen LogP contribution in [0.2, 0.25) is 0 Å². The van der Waals surface area contributed by atoms with Gasteiger partial charge in [-0.1, -0.05) is 25.1 Å². The van der Waals surface area contributed by atoms with Crippen molar-refractivity contribution in [3.63, 3.8) is 0 Å². The number of carbonyl (C=O) groups is 2. The number of fused-ring (bicyclic) bond motifs is 1. The number of esters is 1. The lowest BCUT2D eigenvalue weighted by molar-refractivity contribution is -0.150. The van der Waals surface area contributed by atoms with Gasteiger partial charge >= 0.3 is 5.97 Å². The van der Waals surface area contributed by atoms with Crippen molar-refractivity contribution in [2.45, 2.75) is 52.2 Å². The van der Waals surface area contributed by atoms with Crippen LogP contribution < -0.4 is 0 Å². The van der Waals surface area contributed by atoms with Gasteiger partial charge in [-0.05, 0) is 39.2 Å². The molecule has 0 aliphatic carbocycles. The number of ether oxygens (including phenoxy) is 1. The fraction of sp³-hybridized carbons (Fsp3) is 0.500. The van der Waals surface area contributed by atoms with E-state index in [2.05, 4.69) is 4.98 Å². The van der Waals surface area contributed by atoms with Crippen LogP contribution in [-0.2, 0) is 19.6 Å². The van der Waals surface area contributed by atoms with E-state index in [-0.39, 0.29) is 11.5 Å². The summed E-state index contributed by atoms with van der Waals surface area (Å²) in [6.07, 6.45) is 0.498. The number of rotatable bonds is 7. The van der Waals surface area contributed by atoms with E-state index in [0.717, 1.165) is 10.9 Å². The quantitative estimate of drug-likeness (QED) is 0.563. The molecule has 2 atom stereocenters. The van der Waals surface area contributed by atoms with Gasteiger partial charge in [-0.25, -0.2) is 8.42 Å². The molecule has 2 aromatic rings. The van der Waals surface area contributed by atoms with Crippen molar-refractivity contribution in [2.75, 3.05) is 12.3 Å². The van der Waals surface area contributed by atoms with Crippen LogP contribution in [0.5, 0.6) is 0 Å². The molecule has 2 heterocycles. The summed E-state index contributed by atoms with van der Waals surface area (Å²) in [6, 6.07) is 6.59. The number of sulfonamides is 1. The van der Waals surface area contributed by atoms with Crippen LogP contribution in [0.4, 0.5) is 0 Å². The molecule has 0 bridgehead atoms. The highest BCUT2D eigenvalue weighted by Gasteiger charge is 2.40. The van der Waals surface area contributed by atoms with Crippen LogP contribution in [0.1, 0.15) is 49.2 Å². The Kier molecular flexibility index (Phi) is 5.90. The highest BCUT2D eigenvalue weighted by atomic mass is 32.2. The second-order valence-corrected chi connectivity index (χ2v) is 9.24. The molecule has 1 saturated heterocycles. The van der Waals surface area contributed by atoms with Crippen LogP contribution >= 0.6 is 0 Å². The number of nitrogens with one attached hydrogen (secondary N) is 1. The van der Waals surface area contributed by atoms with Crippen LogP contribution in [0.25, 0.3) is 10.9 Å². The van der Waals surface area contributed by atoms with Crippen molar-refractivity contribution in [2.24, 2.45) is 0 Å². The Hall–Kier alpha value is -2.19. The third-order valence-electron chi connectivity index (χ3n) is 5.10. The molecule has 0 saturated carbocycles. The average molecular weight is 407 g/mol. The van der Waals surface area contributed by atoms with Gasteiger partial charge in [0.25, 0.3) is 0 Å². The lowest BCUT2D eigenvalue weighted by atomic mass is 10.0. The molecule has 8 heteroatoms. The summed E-state index contributed by atoms with van der Waals surface area (Å²) in [4.78, 5) is 28.8. The molecule has 28 heavy (non-hydrogen) atoms. The Morgan fingerprint density at radius 1 is 1.32 bits per heavy atom. The Labute approximate surface area is 165 Å². The summed E-state index contributed by atoms with van der Waals surface area (Å²) >= 11 is 0. The summed E-state index contributed by atoms with van der Waals surface area (Å²) in [5, 5.41) is 0.779.